The van der Waals surface area contributed by atoms with Gasteiger partial charge in [-0.25, -0.2) is 4.79 Å². The second-order valence-corrected chi connectivity index (χ2v) is 4.70. The van der Waals surface area contributed by atoms with Gasteiger partial charge in [-0.2, -0.15) is 0 Å². The second-order valence-electron chi connectivity index (χ2n) is 3.92. The molecule has 2 rings (SSSR count). The maximum Gasteiger partial charge on any atom is 0.379 e. The molecule has 0 spiro atoms. The number of methoxy groups -OCH3 is 1. The molecule has 6 heteroatoms. The van der Waals surface area contributed by atoms with Crippen molar-refractivity contribution in [2.24, 2.45) is 0 Å². The first kappa shape index (κ1) is 14.3. The number of furan rings is 1. The van der Waals surface area contributed by atoms with E-state index in [0.717, 1.165) is 0 Å². The Balaban J connectivity index is 2.25. The third kappa shape index (κ3) is 3.08. The Kier molecular flexibility index (Phi) is 4.24. The Morgan fingerprint density at radius 3 is 2.45 bits per heavy atom. The number of ketones is 1. The molecule has 0 aliphatic rings. The Morgan fingerprint density at radius 2 is 1.90 bits per heavy atom. The minimum atomic E-state index is -0.649. The molecule has 0 amide bonds. The number of esters is 1. The Hall–Kier alpha value is -2.08. The highest BCUT2D eigenvalue weighted by molar-refractivity contribution is 9.10. The van der Waals surface area contributed by atoms with Crippen LogP contribution in [-0.4, -0.2) is 18.9 Å². The van der Waals surface area contributed by atoms with Crippen LogP contribution < -0.4 is 9.47 Å². The van der Waals surface area contributed by atoms with Crippen molar-refractivity contribution in [2.75, 3.05) is 7.11 Å². The van der Waals surface area contributed by atoms with Gasteiger partial charge in [0.25, 0.3) is 0 Å². The number of ether oxygens (including phenoxy) is 2. The zero-order chi connectivity index (χ0) is 14.7. The van der Waals surface area contributed by atoms with E-state index >= 15 is 0 Å². The number of Topliss-reactive ketones (excluding diaryl/α,β-unsaturated/α-hetero) is 1. The maximum absolute atomic E-state index is 11.9. The third-order valence-electron chi connectivity index (χ3n) is 2.55. The first-order valence-corrected chi connectivity index (χ1v) is 6.47. The van der Waals surface area contributed by atoms with Crippen LogP contribution in [0.2, 0.25) is 0 Å². The number of hydrogen-bond donors (Lipinski definition) is 0. The number of carbonyl (C=O) groups excluding carboxylic acids is 2. The summed E-state index contributed by atoms with van der Waals surface area (Å²) in [6.07, 6.45) is 0. The van der Waals surface area contributed by atoms with Gasteiger partial charge >= 0.3 is 5.97 Å². The van der Waals surface area contributed by atoms with Crippen LogP contribution in [0.1, 0.15) is 27.8 Å². The van der Waals surface area contributed by atoms with Gasteiger partial charge in [0, 0.05) is 5.56 Å². The maximum atomic E-state index is 11.9. The first-order chi connectivity index (χ1) is 9.51. The summed E-state index contributed by atoms with van der Waals surface area (Å²) in [5.74, 6) is -0.165. The van der Waals surface area contributed by atoms with Crippen molar-refractivity contribution >= 4 is 27.7 Å². The second kappa shape index (κ2) is 5.92. The lowest BCUT2D eigenvalue weighted by Crippen LogP contribution is -2.08. The Bertz CT molecular complexity index is 659. The lowest BCUT2D eigenvalue weighted by molar-refractivity contribution is 0.0695. The highest BCUT2D eigenvalue weighted by atomic mass is 79.9. The molecule has 1 aromatic carbocycles. The first-order valence-electron chi connectivity index (χ1n) is 5.67. The largest absolute Gasteiger partial charge is 0.493 e. The number of hydrogen-bond acceptors (Lipinski definition) is 5. The molecule has 0 saturated carbocycles. The molecule has 5 nitrogen and oxygen atoms in total. The van der Waals surface area contributed by atoms with Crippen LogP contribution in [0.3, 0.4) is 0 Å². The zero-order valence-corrected chi connectivity index (χ0v) is 12.4. The molecular weight excluding hydrogens is 328 g/mol. The molecule has 0 aliphatic heterocycles. The number of halogens is 1. The molecule has 0 radical (unpaired) electrons. The van der Waals surface area contributed by atoms with Crippen molar-refractivity contribution < 1.29 is 23.5 Å². The fourth-order valence-electron chi connectivity index (χ4n) is 1.55. The van der Waals surface area contributed by atoms with E-state index in [0.29, 0.717) is 16.0 Å². The van der Waals surface area contributed by atoms with Gasteiger partial charge in [-0.15, -0.1) is 0 Å². The van der Waals surface area contributed by atoms with E-state index in [2.05, 4.69) is 15.9 Å². The van der Waals surface area contributed by atoms with E-state index in [9.17, 15) is 9.59 Å². The highest BCUT2D eigenvalue weighted by Gasteiger charge is 2.16. The third-order valence-corrected chi connectivity index (χ3v) is 2.97. The molecule has 20 heavy (non-hydrogen) atoms. The molecule has 104 valence electrons. The van der Waals surface area contributed by atoms with E-state index in [-0.39, 0.29) is 17.3 Å². The van der Waals surface area contributed by atoms with Gasteiger partial charge in [-0.3, -0.25) is 4.79 Å². The highest BCUT2D eigenvalue weighted by Crippen LogP contribution is 2.29. The van der Waals surface area contributed by atoms with Crippen molar-refractivity contribution in [1.82, 2.24) is 0 Å². The lowest BCUT2D eigenvalue weighted by atomic mass is 10.1. The van der Waals surface area contributed by atoms with E-state index in [1.807, 2.05) is 0 Å². The van der Waals surface area contributed by atoms with E-state index < -0.39 is 5.97 Å². The molecule has 0 atom stereocenters. The Morgan fingerprint density at radius 1 is 1.15 bits per heavy atom. The monoisotopic (exact) mass is 338 g/mol. The average Bonchev–Trinajstić information content (AvgIpc) is 2.85. The van der Waals surface area contributed by atoms with E-state index in [4.69, 9.17) is 13.9 Å². The molecule has 0 saturated heterocycles. The van der Waals surface area contributed by atoms with Crippen LogP contribution in [0.5, 0.6) is 11.5 Å². The Labute approximate surface area is 123 Å². The predicted molar refractivity (Wildman–Crippen MR) is 74.4 cm³/mol. The van der Waals surface area contributed by atoms with Gasteiger partial charge in [0.15, 0.2) is 22.0 Å². The summed E-state index contributed by atoms with van der Waals surface area (Å²) < 4.78 is 15.8. The summed E-state index contributed by atoms with van der Waals surface area (Å²) >= 11 is 3.10. The summed E-state index contributed by atoms with van der Waals surface area (Å²) in [4.78, 5) is 23.1. The van der Waals surface area contributed by atoms with Gasteiger partial charge in [-0.05, 0) is 53.2 Å². The number of benzene rings is 1. The minimum Gasteiger partial charge on any atom is -0.493 e. The lowest BCUT2D eigenvalue weighted by Gasteiger charge is -2.09. The summed E-state index contributed by atoms with van der Waals surface area (Å²) in [6, 6.07) is 7.66. The molecule has 0 unspecified atom stereocenters. The van der Waals surface area contributed by atoms with Gasteiger partial charge in [-0.1, -0.05) is 0 Å². The fourth-order valence-corrected chi connectivity index (χ4v) is 1.85. The average molecular weight is 339 g/mol. The smallest absolute Gasteiger partial charge is 0.379 e. The van der Waals surface area contributed by atoms with Crippen LogP contribution in [0.15, 0.2) is 39.4 Å². The number of rotatable bonds is 4. The molecule has 1 aromatic heterocycles. The van der Waals surface area contributed by atoms with Gasteiger partial charge in [0.2, 0.25) is 5.76 Å². The number of carbonyl (C=O) groups is 2. The van der Waals surface area contributed by atoms with Gasteiger partial charge in [0.1, 0.15) is 0 Å². The predicted octanol–water partition coefficient (Wildman–Crippen LogP) is 3.47. The van der Waals surface area contributed by atoms with Crippen LogP contribution in [-0.2, 0) is 0 Å². The van der Waals surface area contributed by atoms with Crippen molar-refractivity contribution in [3.8, 4) is 11.5 Å². The summed E-state index contributed by atoms with van der Waals surface area (Å²) in [6.45, 7) is 1.45. The topological polar surface area (TPSA) is 65.7 Å². The van der Waals surface area contributed by atoms with Gasteiger partial charge < -0.3 is 13.9 Å². The molecule has 2 aromatic rings. The van der Waals surface area contributed by atoms with Crippen LogP contribution in [0, 0.1) is 0 Å². The molecule has 0 bridgehead atoms. The SMILES string of the molecule is COc1cc(C(C)=O)ccc1OC(=O)c1ccc(Br)o1. The van der Waals surface area contributed by atoms with E-state index in [1.165, 1.54) is 32.2 Å². The van der Waals surface area contributed by atoms with Crippen LogP contribution in [0.4, 0.5) is 0 Å². The van der Waals surface area contributed by atoms with Crippen molar-refractivity contribution in [1.29, 1.82) is 0 Å². The molecular formula is C14H11BrO5. The molecule has 1 heterocycles. The van der Waals surface area contributed by atoms with Crippen molar-refractivity contribution in [2.45, 2.75) is 6.92 Å². The normalized spacial score (nSPS) is 10.2. The van der Waals surface area contributed by atoms with Crippen molar-refractivity contribution in [3.05, 3.63) is 46.3 Å². The molecule has 0 fully saturated rings. The van der Waals surface area contributed by atoms with E-state index in [1.54, 1.807) is 12.1 Å². The van der Waals surface area contributed by atoms with Gasteiger partial charge in [0.05, 0.1) is 7.11 Å². The van der Waals surface area contributed by atoms with Crippen LogP contribution in [0.25, 0.3) is 0 Å². The summed E-state index contributed by atoms with van der Waals surface area (Å²) in [5.41, 5.74) is 0.474. The summed E-state index contributed by atoms with van der Waals surface area (Å²) in [5, 5.41) is 0. The quantitative estimate of drug-likeness (QED) is 0.485. The molecule has 0 aliphatic carbocycles. The minimum absolute atomic E-state index is 0.0644. The fraction of sp³-hybridized carbons (Fsp3) is 0.143. The van der Waals surface area contributed by atoms with Crippen molar-refractivity contribution in [3.63, 3.8) is 0 Å². The summed E-state index contributed by atoms with van der Waals surface area (Å²) in [7, 11) is 1.43. The molecule has 0 N–H and O–H groups in total. The van der Waals surface area contributed by atoms with Crippen LogP contribution >= 0.6 is 15.9 Å². The standard InChI is InChI=1S/C14H11BrO5/c1-8(16)9-3-4-10(12(7-9)18-2)20-14(17)11-5-6-13(15)19-11/h3-7H,1-2H3. The zero-order valence-electron chi connectivity index (χ0n) is 10.8.